The van der Waals surface area contributed by atoms with Gasteiger partial charge in [0.1, 0.15) is 17.6 Å². The van der Waals surface area contributed by atoms with Gasteiger partial charge in [-0.3, -0.25) is 4.79 Å². The molecule has 1 unspecified atom stereocenters. The van der Waals surface area contributed by atoms with Crippen LogP contribution in [0.4, 0.5) is 0 Å². The van der Waals surface area contributed by atoms with E-state index in [1.807, 2.05) is 20.8 Å². The predicted octanol–water partition coefficient (Wildman–Crippen LogP) is 2.20. The first kappa shape index (κ1) is 23.0. The number of ether oxygens (including phenoxy) is 1. The van der Waals surface area contributed by atoms with E-state index >= 15 is 0 Å². The van der Waals surface area contributed by atoms with E-state index in [1.165, 1.54) is 6.07 Å². The largest absolute Gasteiger partial charge is 0.488 e. The molecule has 1 aromatic carbocycles. The van der Waals surface area contributed by atoms with Crippen LogP contribution in [-0.4, -0.2) is 45.0 Å². The first-order valence-electron chi connectivity index (χ1n) is 10.1. The van der Waals surface area contributed by atoms with Crippen LogP contribution in [0.25, 0.3) is 0 Å². The highest BCUT2D eigenvalue weighted by molar-refractivity contribution is 7.89. The maximum absolute atomic E-state index is 12.5. The van der Waals surface area contributed by atoms with E-state index in [0.717, 1.165) is 5.56 Å². The highest BCUT2D eigenvalue weighted by atomic mass is 32.2. The number of carbonyl (C=O) groups excluding carboxylic acids is 1. The number of benzene rings is 1. The van der Waals surface area contributed by atoms with Gasteiger partial charge in [0.15, 0.2) is 0 Å². The molecule has 1 fully saturated rings. The lowest BCUT2D eigenvalue weighted by atomic mass is 9.87. The third kappa shape index (κ3) is 5.95. The highest BCUT2D eigenvalue weighted by Crippen LogP contribution is 2.23. The second-order valence-electron chi connectivity index (χ2n) is 8.69. The Bertz CT molecular complexity index is 1100. The topological polar surface area (TPSA) is 106 Å². The van der Waals surface area contributed by atoms with Gasteiger partial charge >= 0.3 is 5.63 Å². The molecule has 1 saturated heterocycles. The summed E-state index contributed by atoms with van der Waals surface area (Å²) in [7, 11) is -3.79. The summed E-state index contributed by atoms with van der Waals surface area (Å²) in [5.41, 5.74) is 0.450. The summed E-state index contributed by atoms with van der Waals surface area (Å²) in [5, 5.41) is 0. The maximum atomic E-state index is 12.5. The Morgan fingerprint density at radius 3 is 2.52 bits per heavy atom. The molecule has 8 nitrogen and oxygen atoms in total. The summed E-state index contributed by atoms with van der Waals surface area (Å²) in [6, 6.07) is 9.54. The molecule has 0 saturated carbocycles. The highest BCUT2D eigenvalue weighted by Gasteiger charge is 2.28. The number of nitrogens with one attached hydrogen (secondary N) is 1. The third-order valence-electron chi connectivity index (χ3n) is 5.11. The summed E-state index contributed by atoms with van der Waals surface area (Å²) in [4.78, 5) is 25.6. The average molecular weight is 449 g/mol. The normalized spacial score (nSPS) is 17.0. The zero-order valence-electron chi connectivity index (χ0n) is 18.2. The van der Waals surface area contributed by atoms with Crippen molar-refractivity contribution in [3.63, 3.8) is 0 Å². The number of sulfonamides is 1. The Morgan fingerprint density at radius 1 is 1.23 bits per heavy atom. The molecule has 0 bridgehead atoms. The second-order valence-corrected chi connectivity index (χ2v) is 10.5. The van der Waals surface area contributed by atoms with Crippen molar-refractivity contribution in [3.8, 4) is 5.75 Å². The van der Waals surface area contributed by atoms with Crippen LogP contribution in [0.15, 0.2) is 50.5 Å². The number of carbonyl (C=O) groups is 1. The molecular weight excluding hydrogens is 420 g/mol. The van der Waals surface area contributed by atoms with Crippen molar-refractivity contribution in [2.24, 2.45) is 0 Å². The maximum Gasteiger partial charge on any atom is 0.339 e. The first-order chi connectivity index (χ1) is 14.4. The van der Waals surface area contributed by atoms with Crippen LogP contribution < -0.4 is 15.1 Å². The number of amides is 1. The number of hydrogen-bond donors (Lipinski definition) is 1. The van der Waals surface area contributed by atoms with Crippen LogP contribution in [0, 0.1) is 6.92 Å². The Balaban J connectivity index is 1.55. The molecule has 1 amide bonds. The number of likely N-dealkylation sites (tertiary alicyclic amines) is 1. The fraction of sp³-hybridized carbons (Fsp3) is 0.455. The molecule has 9 heteroatoms. The van der Waals surface area contributed by atoms with Crippen LogP contribution in [-0.2, 0) is 20.2 Å². The Hall–Kier alpha value is -2.65. The van der Waals surface area contributed by atoms with E-state index in [4.69, 9.17) is 9.15 Å². The summed E-state index contributed by atoms with van der Waals surface area (Å²) in [6.07, 6.45) is 0.318. The Labute approximate surface area is 182 Å². The predicted molar refractivity (Wildman–Crippen MR) is 116 cm³/mol. The number of rotatable bonds is 6. The number of nitrogens with zero attached hydrogens (tertiary/aromatic N) is 1. The number of aryl methyl sites for hydroxylation is 1. The molecule has 3 rings (SSSR count). The molecule has 0 radical (unpaired) electrons. The van der Waals surface area contributed by atoms with E-state index in [0.29, 0.717) is 31.0 Å². The van der Waals surface area contributed by atoms with Crippen molar-refractivity contribution in [1.29, 1.82) is 0 Å². The molecular formula is C22H28N2O6S. The minimum atomic E-state index is -3.79. The first-order valence-corrected chi connectivity index (χ1v) is 11.6. The molecule has 1 N–H and O–H groups in total. The van der Waals surface area contributed by atoms with Crippen LogP contribution in [0.5, 0.6) is 5.75 Å². The van der Waals surface area contributed by atoms with Gasteiger partial charge in [-0.2, -0.15) is 0 Å². The molecule has 31 heavy (non-hydrogen) atoms. The average Bonchev–Trinajstić information content (AvgIpc) is 3.13. The molecule has 2 heterocycles. The molecule has 2 aromatic rings. The van der Waals surface area contributed by atoms with Gasteiger partial charge in [-0.25, -0.2) is 17.9 Å². The van der Waals surface area contributed by atoms with Gasteiger partial charge in [0.2, 0.25) is 15.9 Å². The van der Waals surface area contributed by atoms with Crippen molar-refractivity contribution >= 4 is 15.9 Å². The molecule has 0 aliphatic carbocycles. The summed E-state index contributed by atoms with van der Waals surface area (Å²) >= 11 is 0. The monoisotopic (exact) mass is 448 g/mol. The lowest BCUT2D eigenvalue weighted by molar-refractivity contribution is -0.129. The summed E-state index contributed by atoms with van der Waals surface area (Å²) in [6.45, 7) is 8.24. The van der Waals surface area contributed by atoms with Gasteiger partial charge in [0, 0.05) is 19.0 Å². The standard InChI is InChI=1S/C22H28N2O6S/c1-15-11-18(12-21(26)29-15)30-17-9-10-24(14-17)20(25)13-23-31(27,28)19-7-5-16(6-8-19)22(2,3)4/h5-8,11-12,17,23H,9-10,13-14H2,1-4H3. The quantitative estimate of drug-likeness (QED) is 0.726. The van der Waals surface area contributed by atoms with E-state index in [9.17, 15) is 18.0 Å². The van der Waals surface area contributed by atoms with Crippen molar-refractivity contribution in [3.05, 3.63) is 58.1 Å². The second kappa shape index (κ2) is 8.84. The van der Waals surface area contributed by atoms with E-state index in [2.05, 4.69) is 4.72 Å². The molecule has 1 aliphatic rings. The molecule has 168 valence electrons. The SMILES string of the molecule is Cc1cc(OC2CCN(C(=O)CNS(=O)(=O)c3ccc(C(C)(C)C)cc3)C2)cc(=O)o1. The van der Waals surface area contributed by atoms with E-state index in [-0.39, 0.29) is 28.9 Å². The molecule has 1 aromatic heterocycles. The van der Waals surface area contributed by atoms with Gasteiger partial charge in [-0.05, 0) is 30.0 Å². The van der Waals surface area contributed by atoms with Crippen LogP contribution >= 0.6 is 0 Å². The Kier molecular flexibility index (Phi) is 6.56. The van der Waals surface area contributed by atoms with E-state index in [1.54, 1.807) is 42.2 Å². The fourth-order valence-electron chi connectivity index (χ4n) is 3.37. The minimum Gasteiger partial charge on any atom is -0.488 e. The van der Waals surface area contributed by atoms with E-state index < -0.39 is 15.6 Å². The van der Waals surface area contributed by atoms with Gasteiger partial charge in [0.05, 0.1) is 24.1 Å². The molecule has 0 spiro atoms. The zero-order valence-corrected chi connectivity index (χ0v) is 19.0. The van der Waals surface area contributed by atoms with Crippen LogP contribution in [0.1, 0.15) is 38.5 Å². The summed E-state index contributed by atoms with van der Waals surface area (Å²) < 4.78 is 38.1. The minimum absolute atomic E-state index is 0.0808. The molecule has 1 aliphatic heterocycles. The summed E-state index contributed by atoms with van der Waals surface area (Å²) in [5.74, 6) is 0.510. The van der Waals surface area contributed by atoms with Crippen LogP contribution in [0.2, 0.25) is 0 Å². The van der Waals surface area contributed by atoms with Crippen molar-refractivity contribution in [2.45, 2.75) is 50.5 Å². The van der Waals surface area contributed by atoms with Gasteiger partial charge in [-0.1, -0.05) is 32.9 Å². The lowest BCUT2D eigenvalue weighted by Crippen LogP contribution is -2.39. The Morgan fingerprint density at radius 2 is 1.90 bits per heavy atom. The van der Waals surface area contributed by atoms with Gasteiger partial charge in [-0.15, -0.1) is 0 Å². The fourth-order valence-corrected chi connectivity index (χ4v) is 4.35. The van der Waals surface area contributed by atoms with Crippen molar-refractivity contribution in [2.75, 3.05) is 19.6 Å². The van der Waals surface area contributed by atoms with Crippen molar-refractivity contribution < 1.29 is 22.4 Å². The van der Waals surface area contributed by atoms with Crippen molar-refractivity contribution in [1.82, 2.24) is 9.62 Å². The molecule has 1 atom stereocenters. The number of hydrogen-bond acceptors (Lipinski definition) is 6. The smallest absolute Gasteiger partial charge is 0.339 e. The zero-order chi connectivity index (χ0) is 22.8. The lowest BCUT2D eigenvalue weighted by Gasteiger charge is -2.19. The van der Waals surface area contributed by atoms with Gasteiger partial charge in [0.25, 0.3) is 0 Å². The third-order valence-corrected chi connectivity index (χ3v) is 6.53. The van der Waals surface area contributed by atoms with Crippen LogP contribution in [0.3, 0.4) is 0 Å². The van der Waals surface area contributed by atoms with Gasteiger partial charge < -0.3 is 14.1 Å².